The van der Waals surface area contributed by atoms with Crippen molar-refractivity contribution in [3.8, 4) is 0 Å². The second-order valence-electron chi connectivity index (χ2n) is 4.28. The Bertz CT molecular complexity index is 554. The number of nitrogens with one attached hydrogen (secondary N) is 1. The number of fused-ring (bicyclic) bond motifs is 1. The molecule has 1 amide bonds. The Labute approximate surface area is 110 Å². The van der Waals surface area contributed by atoms with Crippen LogP contribution in [0.25, 0.3) is 17.2 Å². The molecule has 5 nitrogen and oxygen atoms in total. The minimum atomic E-state index is -0.415. The first-order valence-electron chi connectivity index (χ1n) is 6.14. The molecule has 1 aromatic carbocycles. The highest BCUT2D eigenvalue weighted by Gasteiger charge is 2.02. The number of rotatable bonds is 5. The molecular weight excluding hydrogens is 244 g/mol. The van der Waals surface area contributed by atoms with Gasteiger partial charge in [0, 0.05) is 18.7 Å². The Hall–Kier alpha value is -2.14. The van der Waals surface area contributed by atoms with Gasteiger partial charge in [-0.15, -0.1) is 0 Å². The lowest BCUT2D eigenvalue weighted by atomic mass is 10.3. The SMILES string of the molecule is CC(O)CCNC(=O)C=Cc1nc2ccccc2o1. The van der Waals surface area contributed by atoms with Crippen molar-refractivity contribution in [2.45, 2.75) is 19.4 Å². The number of oxazole rings is 1. The molecule has 5 heteroatoms. The summed E-state index contributed by atoms with van der Waals surface area (Å²) >= 11 is 0. The van der Waals surface area contributed by atoms with Gasteiger partial charge in [-0.1, -0.05) is 12.1 Å². The molecule has 1 unspecified atom stereocenters. The van der Waals surface area contributed by atoms with Gasteiger partial charge in [0.05, 0.1) is 6.10 Å². The van der Waals surface area contributed by atoms with E-state index >= 15 is 0 Å². The molecule has 0 bridgehead atoms. The zero-order valence-electron chi connectivity index (χ0n) is 10.7. The normalized spacial score (nSPS) is 12.9. The van der Waals surface area contributed by atoms with Gasteiger partial charge in [0.25, 0.3) is 0 Å². The smallest absolute Gasteiger partial charge is 0.244 e. The van der Waals surface area contributed by atoms with Crippen molar-refractivity contribution in [1.29, 1.82) is 0 Å². The van der Waals surface area contributed by atoms with E-state index in [1.165, 1.54) is 12.2 Å². The molecule has 0 aliphatic rings. The summed E-state index contributed by atoms with van der Waals surface area (Å²) in [5.74, 6) is 0.162. The summed E-state index contributed by atoms with van der Waals surface area (Å²) in [5.41, 5.74) is 1.45. The molecule has 0 fully saturated rings. The van der Waals surface area contributed by atoms with Crippen LogP contribution in [0.3, 0.4) is 0 Å². The lowest BCUT2D eigenvalue weighted by Crippen LogP contribution is -2.24. The number of hydrogen-bond donors (Lipinski definition) is 2. The maximum atomic E-state index is 11.5. The highest BCUT2D eigenvalue weighted by Crippen LogP contribution is 2.15. The summed E-state index contributed by atoms with van der Waals surface area (Å²) in [6.07, 6.45) is 3.01. The van der Waals surface area contributed by atoms with E-state index in [-0.39, 0.29) is 5.91 Å². The summed E-state index contributed by atoms with van der Waals surface area (Å²) in [6.45, 7) is 2.12. The molecule has 19 heavy (non-hydrogen) atoms. The number of hydrogen-bond acceptors (Lipinski definition) is 4. The number of carbonyl (C=O) groups is 1. The molecule has 1 aromatic heterocycles. The molecule has 1 atom stereocenters. The number of amides is 1. The van der Waals surface area contributed by atoms with Crippen molar-refractivity contribution in [3.05, 3.63) is 36.2 Å². The molecule has 0 aliphatic heterocycles. The van der Waals surface area contributed by atoms with Crippen molar-refractivity contribution in [2.75, 3.05) is 6.54 Å². The molecule has 2 rings (SSSR count). The Morgan fingerprint density at radius 1 is 1.53 bits per heavy atom. The average molecular weight is 260 g/mol. The van der Waals surface area contributed by atoms with Gasteiger partial charge >= 0.3 is 0 Å². The monoisotopic (exact) mass is 260 g/mol. The van der Waals surface area contributed by atoms with Crippen molar-refractivity contribution in [2.24, 2.45) is 0 Å². The molecule has 2 N–H and O–H groups in total. The van der Waals surface area contributed by atoms with Gasteiger partial charge < -0.3 is 14.8 Å². The Balaban J connectivity index is 1.92. The predicted molar refractivity (Wildman–Crippen MR) is 72.4 cm³/mol. The van der Waals surface area contributed by atoms with Crippen LogP contribution >= 0.6 is 0 Å². The van der Waals surface area contributed by atoms with Gasteiger partial charge in [-0.3, -0.25) is 4.79 Å². The zero-order chi connectivity index (χ0) is 13.7. The maximum Gasteiger partial charge on any atom is 0.244 e. The standard InChI is InChI=1S/C14H16N2O3/c1-10(17)8-9-15-13(18)6-7-14-16-11-4-2-3-5-12(11)19-14/h2-7,10,17H,8-9H2,1H3,(H,15,18). The fraction of sp³-hybridized carbons (Fsp3) is 0.286. The summed E-state index contributed by atoms with van der Waals surface area (Å²) in [5, 5.41) is 11.7. The van der Waals surface area contributed by atoms with Crippen LogP contribution in [0.1, 0.15) is 19.2 Å². The van der Waals surface area contributed by atoms with Crippen molar-refractivity contribution < 1.29 is 14.3 Å². The fourth-order valence-corrected chi connectivity index (χ4v) is 1.57. The quantitative estimate of drug-likeness (QED) is 0.803. The van der Waals surface area contributed by atoms with Gasteiger partial charge in [-0.2, -0.15) is 0 Å². The van der Waals surface area contributed by atoms with Crippen molar-refractivity contribution >= 4 is 23.1 Å². The molecule has 0 saturated heterocycles. The number of aliphatic hydroxyl groups is 1. The number of aliphatic hydroxyl groups excluding tert-OH is 1. The van der Waals surface area contributed by atoms with E-state index in [2.05, 4.69) is 10.3 Å². The molecule has 100 valence electrons. The minimum Gasteiger partial charge on any atom is -0.437 e. The minimum absolute atomic E-state index is 0.233. The van der Waals surface area contributed by atoms with Gasteiger partial charge in [0.15, 0.2) is 5.58 Å². The second-order valence-corrected chi connectivity index (χ2v) is 4.28. The molecule has 0 aliphatic carbocycles. The third kappa shape index (κ3) is 3.93. The lowest BCUT2D eigenvalue weighted by molar-refractivity contribution is -0.116. The Morgan fingerprint density at radius 2 is 2.32 bits per heavy atom. The van der Waals surface area contributed by atoms with E-state index in [0.29, 0.717) is 24.4 Å². The highest BCUT2D eigenvalue weighted by molar-refractivity contribution is 5.91. The topological polar surface area (TPSA) is 75.4 Å². The van der Waals surface area contributed by atoms with Gasteiger partial charge in [-0.25, -0.2) is 4.98 Å². The molecular formula is C14H16N2O3. The van der Waals surface area contributed by atoms with Gasteiger partial charge in [0.2, 0.25) is 11.8 Å². The maximum absolute atomic E-state index is 11.5. The van der Waals surface area contributed by atoms with Crippen LogP contribution in [0.2, 0.25) is 0 Å². The first-order valence-corrected chi connectivity index (χ1v) is 6.14. The number of aromatic nitrogens is 1. The van der Waals surface area contributed by atoms with Crippen LogP contribution < -0.4 is 5.32 Å². The van der Waals surface area contributed by atoms with E-state index in [0.717, 1.165) is 5.52 Å². The van der Waals surface area contributed by atoms with E-state index in [4.69, 9.17) is 9.52 Å². The Morgan fingerprint density at radius 3 is 3.05 bits per heavy atom. The summed E-state index contributed by atoms with van der Waals surface area (Å²) in [7, 11) is 0. The first kappa shape index (κ1) is 13.3. The molecule has 0 spiro atoms. The van der Waals surface area contributed by atoms with E-state index in [9.17, 15) is 4.79 Å². The molecule has 1 heterocycles. The van der Waals surface area contributed by atoms with Crippen LogP contribution in [-0.2, 0) is 4.79 Å². The van der Waals surface area contributed by atoms with Crippen LogP contribution in [0, 0.1) is 0 Å². The van der Waals surface area contributed by atoms with Crippen LogP contribution in [0.4, 0.5) is 0 Å². The molecule has 0 radical (unpaired) electrons. The van der Waals surface area contributed by atoms with Crippen LogP contribution in [-0.4, -0.2) is 28.6 Å². The number of nitrogens with zero attached hydrogens (tertiary/aromatic N) is 1. The molecule has 0 saturated carbocycles. The number of benzene rings is 1. The molecule has 2 aromatic rings. The highest BCUT2D eigenvalue weighted by atomic mass is 16.3. The van der Waals surface area contributed by atoms with Gasteiger partial charge in [-0.05, 0) is 25.5 Å². The third-order valence-corrected chi connectivity index (χ3v) is 2.55. The number of para-hydroxylation sites is 2. The van der Waals surface area contributed by atoms with Crippen LogP contribution in [0.15, 0.2) is 34.8 Å². The zero-order valence-corrected chi connectivity index (χ0v) is 10.7. The van der Waals surface area contributed by atoms with Crippen LogP contribution in [0.5, 0.6) is 0 Å². The Kier molecular flexibility index (Phi) is 4.30. The summed E-state index contributed by atoms with van der Waals surface area (Å²) in [6, 6.07) is 7.41. The number of carbonyl (C=O) groups excluding carboxylic acids is 1. The van der Waals surface area contributed by atoms with E-state index in [1.54, 1.807) is 6.92 Å². The van der Waals surface area contributed by atoms with E-state index < -0.39 is 6.10 Å². The van der Waals surface area contributed by atoms with Crippen molar-refractivity contribution in [3.63, 3.8) is 0 Å². The predicted octanol–water partition coefficient (Wildman–Crippen LogP) is 1.73. The lowest BCUT2D eigenvalue weighted by Gasteiger charge is -2.03. The third-order valence-electron chi connectivity index (χ3n) is 2.55. The average Bonchev–Trinajstić information content (AvgIpc) is 2.78. The second kappa shape index (κ2) is 6.15. The largest absolute Gasteiger partial charge is 0.437 e. The van der Waals surface area contributed by atoms with E-state index in [1.807, 2.05) is 24.3 Å². The van der Waals surface area contributed by atoms with Crippen molar-refractivity contribution in [1.82, 2.24) is 10.3 Å². The summed E-state index contributed by atoms with van der Waals surface area (Å²) < 4.78 is 5.44. The first-order chi connectivity index (χ1) is 9.15. The summed E-state index contributed by atoms with van der Waals surface area (Å²) in [4.78, 5) is 15.7. The van der Waals surface area contributed by atoms with Gasteiger partial charge in [0.1, 0.15) is 5.52 Å². The fourth-order valence-electron chi connectivity index (χ4n) is 1.57.